The van der Waals surface area contributed by atoms with Gasteiger partial charge in [-0.1, -0.05) is 0 Å². The summed E-state index contributed by atoms with van der Waals surface area (Å²) in [6.45, 7) is 0. The first-order chi connectivity index (χ1) is 3.81. The van der Waals surface area contributed by atoms with Gasteiger partial charge in [-0.2, -0.15) is 0 Å². The van der Waals surface area contributed by atoms with Crippen LogP contribution in [0.1, 0.15) is 0 Å². The van der Waals surface area contributed by atoms with Crippen molar-refractivity contribution in [3.05, 3.63) is 0 Å². The van der Waals surface area contributed by atoms with E-state index in [0.29, 0.717) is 10.9 Å². The number of rotatable bonds is 4. The molecule has 0 atom stereocenters. The third-order valence-corrected chi connectivity index (χ3v) is 3.48. The van der Waals surface area contributed by atoms with E-state index in [2.05, 4.69) is 6.26 Å². The Bertz CT molecular complexity index is 43.7. The summed E-state index contributed by atoms with van der Waals surface area (Å²) in [5.41, 5.74) is 0. The molecule has 0 fully saturated rings. The second-order valence-electron chi connectivity index (χ2n) is 1.57. The van der Waals surface area contributed by atoms with Gasteiger partial charge in [0, 0.05) is 0 Å². The van der Waals surface area contributed by atoms with E-state index >= 15 is 0 Å². The molecule has 0 aliphatic rings. The van der Waals surface area contributed by atoms with Gasteiger partial charge in [0.05, 0.1) is 18.0 Å². The number of hydrogen-bond acceptors (Lipinski definition) is 0. The van der Waals surface area contributed by atoms with Crippen LogP contribution in [0.2, 0.25) is 0 Å². The van der Waals surface area contributed by atoms with Crippen LogP contribution < -0.4 is 0 Å². The highest BCUT2D eigenvalue weighted by Crippen LogP contribution is 1.93. The van der Waals surface area contributed by atoms with Crippen LogP contribution in [-0.2, 0) is 10.9 Å². The van der Waals surface area contributed by atoms with E-state index in [1.54, 1.807) is 0 Å². The van der Waals surface area contributed by atoms with Gasteiger partial charge in [-0.15, -0.1) is 23.2 Å². The van der Waals surface area contributed by atoms with Crippen molar-refractivity contribution in [3.8, 4) is 0 Å². The first kappa shape index (κ1) is 8.93. The van der Waals surface area contributed by atoms with Crippen molar-refractivity contribution in [3.63, 3.8) is 0 Å². The molecule has 0 spiro atoms. The van der Waals surface area contributed by atoms with Gasteiger partial charge in [-0.05, 0) is 10.9 Å². The monoisotopic (exact) mass is 173 g/mol. The molecule has 0 saturated carbocycles. The van der Waals surface area contributed by atoms with Gasteiger partial charge in [0.1, 0.15) is 11.5 Å². The van der Waals surface area contributed by atoms with Crippen LogP contribution in [0, 0.1) is 0 Å². The minimum Gasteiger partial charge on any atom is -0.122 e. The quantitative estimate of drug-likeness (QED) is 0.449. The molecule has 0 unspecified atom stereocenters. The van der Waals surface area contributed by atoms with Crippen LogP contribution in [0.15, 0.2) is 0 Å². The normalized spacial score (nSPS) is 10.5. The number of halogens is 2. The van der Waals surface area contributed by atoms with Crippen LogP contribution in [0.5, 0.6) is 0 Å². The molecule has 0 bridgehead atoms. The molecule has 8 heavy (non-hydrogen) atoms. The smallest absolute Gasteiger partial charge is 0.121 e. The zero-order chi connectivity index (χ0) is 6.41. The maximum atomic E-state index is 5.50. The fourth-order valence-electron chi connectivity index (χ4n) is 0.365. The lowest BCUT2D eigenvalue weighted by Gasteiger charge is -1.95. The lowest BCUT2D eigenvalue weighted by Crippen LogP contribution is -2.11. The maximum absolute atomic E-state index is 5.50. The summed E-state index contributed by atoms with van der Waals surface area (Å²) in [6.07, 6.45) is 2.20. The Labute approximate surface area is 63.9 Å². The highest BCUT2D eigenvalue weighted by Gasteiger charge is 2.06. The third kappa shape index (κ3) is 5.07. The van der Waals surface area contributed by atoms with E-state index in [1.807, 2.05) is 0 Å². The van der Waals surface area contributed by atoms with E-state index in [4.69, 9.17) is 23.2 Å². The van der Waals surface area contributed by atoms with Crippen LogP contribution in [0.3, 0.4) is 0 Å². The SMILES string of the molecule is C[S+](CCCl)CCCl. The molecular formula is C5H11Cl2S+. The molecule has 0 amide bonds. The van der Waals surface area contributed by atoms with Crippen LogP contribution in [0.25, 0.3) is 0 Å². The fraction of sp³-hybridized carbons (Fsp3) is 1.00. The Hall–Kier alpha value is 0.930. The van der Waals surface area contributed by atoms with Crippen molar-refractivity contribution in [2.45, 2.75) is 0 Å². The minimum absolute atomic E-state index is 0.466. The molecule has 0 aliphatic carbocycles. The predicted octanol–water partition coefficient (Wildman–Crippen LogP) is 1.71. The average molecular weight is 174 g/mol. The number of alkyl halides is 2. The summed E-state index contributed by atoms with van der Waals surface area (Å²) < 4.78 is 0. The second-order valence-corrected chi connectivity index (χ2v) is 4.70. The van der Waals surface area contributed by atoms with Crippen molar-refractivity contribution >= 4 is 34.1 Å². The third-order valence-electron chi connectivity index (χ3n) is 0.851. The molecular weight excluding hydrogens is 163 g/mol. The second kappa shape index (κ2) is 6.06. The zero-order valence-corrected chi connectivity index (χ0v) is 7.32. The van der Waals surface area contributed by atoms with Gasteiger partial charge < -0.3 is 0 Å². The van der Waals surface area contributed by atoms with Crippen LogP contribution >= 0.6 is 23.2 Å². The Morgan fingerprint density at radius 3 is 1.75 bits per heavy atom. The molecule has 0 aromatic rings. The first-order valence-electron chi connectivity index (χ1n) is 2.52. The molecule has 0 heterocycles. The largest absolute Gasteiger partial charge is 0.122 e. The van der Waals surface area contributed by atoms with Crippen molar-refractivity contribution in [2.24, 2.45) is 0 Å². The summed E-state index contributed by atoms with van der Waals surface area (Å²) in [5, 5.41) is 0. The van der Waals surface area contributed by atoms with Gasteiger partial charge in [0.25, 0.3) is 0 Å². The van der Waals surface area contributed by atoms with Crippen LogP contribution in [-0.4, -0.2) is 29.5 Å². The van der Waals surface area contributed by atoms with Crippen molar-refractivity contribution < 1.29 is 0 Å². The van der Waals surface area contributed by atoms with Crippen molar-refractivity contribution in [1.29, 1.82) is 0 Å². The van der Waals surface area contributed by atoms with Crippen molar-refractivity contribution in [1.82, 2.24) is 0 Å². The average Bonchev–Trinajstić information content (AvgIpc) is 1.68. The van der Waals surface area contributed by atoms with Crippen LogP contribution in [0.4, 0.5) is 0 Å². The van der Waals surface area contributed by atoms with Crippen molar-refractivity contribution in [2.75, 3.05) is 29.5 Å². The summed E-state index contributed by atoms with van der Waals surface area (Å²) in [6, 6.07) is 0. The van der Waals surface area contributed by atoms with Gasteiger partial charge in [-0.25, -0.2) is 0 Å². The molecule has 0 rings (SSSR count). The van der Waals surface area contributed by atoms with Gasteiger partial charge in [0.15, 0.2) is 0 Å². The lowest BCUT2D eigenvalue weighted by molar-refractivity contribution is 1.44. The molecule has 0 radical (unpaired) electrons. The van der Waals surface area contributed by atoms with E-state index in [-0.39, 0.29) is 0 Å². The highest BCUT2D eigenvalue weighted by atomic mass is 35.5. The molecule has 3 heteroatoms. The lowest BCUT2D eigenvalue weighted by atomic mass is 10.9. The van der Waals surface area contributed by atoms with E-state index in [1.165, 1.54) is 0 Å². The van der Waals surface area contributed by atoms with Gasteiger partial charge in [0.2, 0.25) is 0 Å². The Morgan fingerprint density at radius 1 is 1.12 bits per heavy atom. The first-order valence-corrected chi connectivity index (χ1v) is 5.56. The zero-order valence-electron chi connectivity index (χ0n) is 4.99. The maximum Gasteiger partial charge on any atom is 0.121 e. The van der Waals surface area contributed by atoms with Gasteiger partial charge in [-0.3, -0.25) is 0 Å². The van der Waals surface area contributed by atoms with E-state index in [0.717, 1.165) is 23.3 Å². The molecule has 0 aliphatic heterocycles. The summed E-state index contributed by atoms with van der Waals surface area (Å²) in [4.78, 5) is 0. The summed E-state index contributed by atoms with van der Waals surface area (Å²) in [7, 11) is 0.466. The standard InChI is InChI=1S/C5H11Cl2S/c1-8(4-2-6)5-3-7/h2-5H2,1H3/q+1. The fourth-order valence-corrected chi connectivity index (χ4v) is 2.68. The molecule has 0 nitrogen and oxygen atoms in total. The molecule has 0 aromatic heterocycles. The summed E-state index contributed by atoms with van der Waals surface area (Å²) >= 11 is 11.0. The highest BCUT2D eigenvalue weighted by molar-refractivity contribution is 7.96. The Kier molecular flexibility index (Phi) is 6.76. The summed E-state index contributed by atoms with van der Waals surface area (Å²) in [5.74, 6) is 3.79. The molecule has 50 valence electrons. The topological polar surface area (TPSA) is 0 Å². The Morgan fingerprint density at radius 2 is 1.50 bits per heavy atom. The minimum atomic E-state index is 0.466. The van der Waals surface area contributed by atoms with E-state index in [9.17, 15) is 0 Å². The molecule has 0 N–H and O–H groups in total. The van der Waals surface area contributed by atoms with E-state index < -0.39 is 0 Å². The Balaban J connectivity index is 2.92. The van der Waals surface area contributed by atoms with Gasteiger partial charge >= 0.3 is 0 Å². The number of hydrogen-bond donors (Lipinski definition) is 0. The molecule has 0 saturated heterocycles. The molecule has 0 aromatic carbocycles. The predicted molar refractivity (Wildman–Crippen MR) is 44.5 cm³/mol.